The number of aromatic amines is 1. The topological polar surface area (TPSA) is 74.1 Å². The molecule has 0 saturated heterocycles. The smallest absolute Gasteiger partial charge is 0.191 e. The summed E-state index contributed by atoms with van der Waals surface area (Å²) >= 11 is 6.02. The molecule has 0 radical (unpaired) electrons. The molecule has 0 aliphatic heterocycles. The van der Waals surface area contributed by atoms with Gasteiger partial charge in [0.25, 0.3) is 0 Å². The molecule has 3 rings (SSSR count). The molecule has 3 aromatic rings. The van der Waals surface area contributed by atoms with Gasteiger partial charge in [0.1, 0.15) is 17.4 Å². The minimum absolute atomic E-state index is 0.376. The van der Waals surface area contributed by atoms with Crippen LogP contribution >= 0.6 is 11.6 Å². The molecule has 0 aliphatic carbocycles. The normalized spacial score (nSPS) is 10.9. The van der Waals surface area contributed by atoms with Crippen molar-refractivity contribution in [1.82, 2.24) is 10.2 Å². The Balaban J connectivity index is 1.74. The molecule has 0 aliphatic rings. The van der Waals surface area contributed by atoms with E-state index in [1.807, 2.05) is 48.5 Å². The molecular formula is C21H19ClN4O. The molecule has 1 N–H and O–H groups in total. The number of halogens is 1. The van der Waals surface area contributed by atoms with Crippen LogP contribution < -0.4 is 4.74 Å². The van der Waals surface area contributed by atoms with E-state index in [0.29, 0.717) is 29.4 Å². The van der Waals surface area contributed by atoms with E-state index in [2.05, 4.69) is 28.2 Å². The van der Waals surface area contributed by atoms with Crippen molar-refractivity contribution in [2.45, 2.75) is 19.8 Å². The van der Waals surface area contributed by atoms with E-state index in [4.69, 9.17) is 16.3 Å². The van der Waals surface area contributed by atoms with Crippen molar-refractivity contribution < 1.29 is 4.74 Å². The Morgan fingerprint density at radius 2 is 2.07 bits per heavy atom. The Morgan fingerprint density at radius 3 is 2.78 bits per heavy atom. The highest BCUT2D eigenvalue weighted by Gasteiger charge is 2.12. The van der Waals surface area contributed by atoms with Gasteiger partial charge in [-0.25, -0.2) is 4.99 Å². The zero-order chi connectivity index (χ0) is 19.1. The summed E-state index contributed by atoms with van der Waals surface area (Å²) in [4.78, 5) is 4.36. The molecule has 0 amide bonds. The fraction of sp³-hybridized carbons (Fsp3) is 0.190. The van der Waals surface area contributed by atoms with Crippen LogP contribution in [0.5, 0.6) is 5.75 Å². The summed E-state index contributed by atoms with van der Waals surface area (Å²) in [5.41, 5.74) is 3.06. The van der Waals surface area contributed by atoms with Gasteiger partial charge < -0.3 is 4.74 Å². The molecule has 0 spiro atoms. The van der Waals surface area contributed by atoms with Gasteiger partial charge in [-0.2, -0.15) is 10.4 Å². The highest BCUT2D eigenvalue weighted by molar-refractivity contribution is 6.30. The third-order valence-corrected chi connectivity index (χ3v) is 4.13. The molecule has 0 saturated carbocycles. The molecule has 136 valence electrons. The van der Waals surface area contributed by atoms with Crippen molar-refractivity contribution in [2.24, 2.45) is 4.99 Å². The zero-order valence-corrected chi connectivity index (χ0v) is 15.7. The molecule has 1 heterocycles. The third-order valence-electron chi connectivity index (χ3n) is 3.89. The second kappa shape index (κ2) is 9.02. The summed E-state index contributed by atoms with van der Waals surface area (Å²) < 4.78 is 5.56. The van der Waals surface area contributed by atoms with Gasteiger partial charge in [-0.1, -0.05) is 30.7 Å². The fourth-order valence-electron chi connectivity index (χ4n) is 2.56. The van der Waals surface area contributed by atoms with Crippen LogP contribution in [0.15, 0.2) is 53.5 Å². The highest BCUT2D eigenvalue weighted by Crippen LogP contribution is 2.22. The van der Waals surface area contributed by atoms with Crippen molar-refractivity contribution in [3.8, 4) is 11.8 Å². The van der Waals surface area contributed by atoms with Gasteiger partial charge in [-0.3, -0.25) is 5.10 Å². The Kier molecular flexibility index (Phi) is 6.24. The van der Waals surface area contributed by atoms with Gasteiger partial charge in [0.15, 0.2) is 5.82 Å². The largest absolute Gasteiger partial charge is 0.494 e. The van der Waals surface area contributed by atoms with Crippen LogP contribution in [0.25, 0.3) is 0 Å². The number of hydrogen-bond donors (Lipinski definition) is 1. The predicted molar refractivity (Wildman–Crippen MR) is 107 cm³/mol. The van der Waals surface area contributed by atoms with Crippen LogP contribution in [-0.2, 0) is 6.42 Å². The van der Waals surface area contributed by atoms with Crippen molar-refractivity contribution in [3.63, 3.8) is 0 Å². The van der Waals surface area contributed by atoms with Gasteiger partial charge in [-0.15, -0.1) is 0 Å². The van der Waals surface area contributed by atoms with Crippen LogP contribution in [0.2, 0.25) is 5.02 Å². The van der Waals surface area contributed by atoms with E-state index < -0.39 is 0 Å². The maximum atomic E-state index is 9.51. The highest BCUT2D eigenvalue weighted by atomic mass is 35.5. The number of aliphatic imine (C=N–C) groups is 1. The Bertz CT molecular complexity index is 971. The van der Waals surface area contributed by atoms with Crippen LogP contribution in [0.3, 0.4) is 0 Å². The van der Waals surface area contributed by atoms with Gasteiger partial charge in [0, 0.05) is 17.7 Å². The first-order chi connectivity index (χ1) is 13.2. The van der Waals surface area contributed by atoms with E-state index in [1.54, 1.807) is 6.21 Å². The van der Waals surface area contributed by atoms with E-state index in [1.165, 1.54) is 0 Å². The average Bonchev–Trinajstić information content (AvgIpc) is 3.07. The second-order valence-corrected chi connectivity index (χ2v) is 6.43. The predicted octanol–water partition coefficient (Wildman–Crippen LogP) is 5.06. The first kappa shape index (κ1) is 18.7. The number of rotatable bonds is 7. The zero-order valence-electron chi connectivity index (χ0n) is 14.9. The summed E-state index contributed by atoms with van der Waals surface area (Å²) in [6.45, 7) is 2.76. The van der Waals surface area contributed by atoms with E-state index >= 15 is 0 Å². The quantitative estimate of drug-likeness (QED) is 0.583. The molecule has 1 aromatic heterocycles. The number of nitrogens with one attached hydrogen (secondary N) is 1. The fourth-order valence-corrected chi connectivity index (χ4v) is 2.78. The van der Waals surface area contributed by atoms with Crippen molar-refractivity contribution in [3.05, 3.63) is 75.9 Å². The molecule has 5 nitrogen and oxygen atoms in total. The second-order valence-electron chi connectivity index (χ2n) is 5.99. The van der Waals surface area contributed by atoms with Crippen molar-refractivity contribution in [1.29, 1.82) is 5.26 Å². The molecule has 0 unspecified atom stereocenters. The van der Waals surface area contributed by atoms with Gasteiger partial charge in [0.05, 0.1) is 12.3 Å². The SMILES string of the molecule is CCCOc1ccc(C=Nc2n[nH]c(Cc3cccc(Cl)c3)c2C#N)cc1. The minimum atomic E-state index is 0.376. The lowest BCUT2D eigenvalue weighted by Crippen LogP contribution is -1.94. The van der Waals surface area contributed by atoms with E-state index in [9.17, 15) is 5.26 Å². The number of aromatic nitrogens is 2. The lowest BCUT2D eigenvalue weighted by molar-refractivity contribution is 0.317. The number of ether oxygens (including phenoxy) is 1. The molecule has 27 heavy (non-hydrogen) atoms. The van der Waals surface area contributed by atoms with Crippen LogP contribution in [0.1, 0.15) is 35.7 Å². The standard InChI is InChI=1S/C21H19ClN4O/c1-2-10-27-18-8-6-15(7-9-18)14-24-21-19(13-23)20(25-26-21)12-16-4-3-5-17(22)11-16/h3-9,11,14H,2,10,12H2,1H3,(H,25,26). The van der Waals surface area contributed by atoms with Crippen LogP contribution in [0, 0.1) is 11.3 Å². The first-order valence-corrected chi connectivity index (χ1v) is 9.06. The maximum Gasteiger partial charge on any atom is 0.191 e. The number of nitrogens with zero attached hydrogens (tertiary/aromatic N) is 3. The minimum Gasteiger partial charge on any atom is -0.494 e. The summed E-state index contributed by atoms with van der Waals surface area (Å²) in [6, 6.07) is 17.3. The summed E-state index contributed by atoms with van der Waals surface area (Å²) in [5, 5.41) is 17.3. The van der Waals surface area contributed by atoms with Crippen LogP contribution in [-0.4, -0.2) is 23.0 Å². The maximum absolute atomic E-state index is 9.51. The number of hydrogen-bond acceptors (Lipinski definition) is 4. The van der Waals surface area contributed by atoms with E-state index in [-0.39, 0.29) is 0 Å². The van der Waals surface area contributed by atoms with Crippen molar-refractivity contribution >= 4 is 23.6 Å². The first-order valence-electron chi connectivity index (χ1n) is 8.68. The molecular weight excluding hydrogens is 360 g/mol. The van der Waals surface area contributed by atoms with E-state index in [0.717, 1.165) is 29.0 Å². The van der Waals surface area contributed by atoms with Gasteiger partial charge in [-0.05, 0) is 53.9 Å². The monoisotopic (exact) mass is 378 g/mol. The van der Waals surface area contributed by atoms with Crippen LogP contribution in [0.4, 0.5) is 5.82 Å². The Hall–Kier alpha value is -3.10. The third kappa shape index (κ3) is 4.96. The van der Waals surface area contributed by atoms with Crippen molar-refractivity contribution in [2.75, 3.05) is 6.61 Å². The van der Waals surface area contributed by atoms with Gasteiger partial charge in [0.2, 0.25) is 0 Å². The lowest BCUT2D eigenvalue weighted by Gasteiger charge is -2.03. The van der Waals surface area contributed by atoms with Gasteiger partial charge >= 0.3 is 0 Å². The molecule has 0 fully saturated rings. The summed E-state index contributed by atoms with van der Waals surface area (Å²) in [7, 11) is 0. The summed E-state index contributed by atoms with van der Waals surface area (Å²) in [6.07, 6.45) is 3.19. The number of nitriles is 1. The summed E-state index contributed by atoms with van der Waals surface area (Å²) in [5.74, 6) is 1.20. The molecule has 0 atom stereocenters. The Morgan fingerprint density at radius 1 is 1.26 bits per heavy atom. The lowest BCUT2D eigenvalue weighted by atomic mass is 10.1. The molecule has 0 bridgehead atoms. The number of H-pyrrole nitrogens is 1. The Labute approximate surface area is 163 Å². The number of benzene rings is 2. The molecule has 6 heteroatoms. The average molecular weight is 379 g/mol. The molecule has 2 aromatic carbocycles.